The quantitative estimate of drug-likeness (QED) is 0.734. The van der Waals surface area contributed by atoms with Crippen molar-refractivity contribution < 1.29 is 13.2 Å². The van der Waals surface area contributed by atoms with Crippen LogP contribution in [0.1, 0.15) is 11.5 Å². The summed E-state index contributed by atoms with van der Waals surface area (Å²) >= 11 is 5.99. The molecular weight excluding hydrogens is 323 g/mol. The molecule has 3 aromatic rings. The number of halogens is 4. The third-order valence-corrected chi connectivity index (χ3v) is 2.91. The molecule has 0 aromatic carbocycles. The highest BCUT2D eigenvalue weighted by molar-refractivity contribution is 6.32. The Morgan fingerprint density at radius 3 is 2.68 bits per heavy atom. The predicted molar refractivity (Wildman–Crippen MR) is 68.3 cm³/mol. The third-order valence-electron chi connectivity index (χ3n) is 2.61. The van der Waals surface area contributed by atoms with Crippen LogP contribution in [0.5, 0.6) is 0 Å². The molecule has 0 radical (unpaired) electrons. The van der Waals surface area contributed by atoms with Gasteiger partial charge in [-0.1, -0.05) is 11.6 Å². The molecule has 22 heavy (non-hydrogen) atoms. The summed E-state index contributed by atoms with van der Waals surface area (Å²) in [5.41, 5.74) is 0.438. The first-order valence-electron chi connectivity index (χ1n) is 5.94. The zero-order valence-electron chi connectivity index (χ0n) is 10.7. The van der Waals surface area contributed by atoms with Crippen LogP contribution in [0, 0.1) is 0 Å². The van der Waals surface area contributed by atoms with Crippen molar-refractivity contribution in [3.8, 4) is 5.82 Å². The van der Waals surface area contributed by atoms with Gasteiger partial charge in [-0.15, -0.1) is 10.2 Å². The second kappa shape index (κ2) is 5.37. The van der Waals surface area contributed by atoms with Crippen molar-refractivity contribution in [1.82, 2.24) is 35.0 Å². The summed E-state index contributed by atoms with van der Waals surface area (Å²) < 4.78 is 38.6. The number of nitrogens with zero attached hydrogens (tertiary/aromatic N) is 7. The molecule has 7 nitrogen and oxygen atoms in total. The Morgan fingerprint density at radius 1 is 1.18 bits per heavy atom. The summed E-state index contributed by atoms with van der Waals surface area (Å²) in [5, 5.41) is 14.1. The lowest BCUT2D eigenvalue weighted by molar-refractivity contribution is -0.145. The summed E-state index contributed by atoms with van der Waals surface area (Å²) in [6, 6.07) is 4.93. The van der Waals surface area contributed by atoms with Gasteiger partial charge in [0.15, 0.2) is 5.82 Å². The molecule has 0 spiro atoms. The van der Waals surface area contributed by atoms with E-state index >= 15 is 0 Å². The minimum Gasteiger partial charge on any atom is -0.236 e. The van der Waals surface area contributed by atoms with Crippen molar-refractivity contribution in [2.45, 2.75) is 12.7 Å². The summed E-state index contributed by atoms with van der Waals surface area (Å²) in [6.45, 7) is -0.0550. The first-order chi connectivity index (χ1) is 10.4. The molecule has 3 rings (SSSR count). The minimum absolute atomic E-state index is 0.0550. The van der Waals surface area contributed by atoms with Gasteiger partial charge in [-0.05, 0) is 23.4 Å². The number of pyridine rings is 1. The fourth-order valence-electron chi connectivity index (χ4n) is 1.68. The molecule has 0 bridgehead atoms. The Balaban J connectivity index is 1.80. The van der Waals surface area contributed by atoms with Crippen molar-refractivity contribution in [1.29, 1.82) is 0 Å². The van der Waals surface area contributed by atoms with E-state index in [-0.39, 0.29) is 6.54 Å². The Morgan fingerprint density at radius 2 is 2.00 bits per heavy atom. The van der Waals surface area contributed by atoms with Gasteiger partial charge in [0.2, 0.25) is 0 Å². The number of hydrogen-bond acceptors (Lipinski definition) is 5. The lowest BCUT2D eigenvalue weighted by Gasteiger charge is -2.01. The second-order valence-electron chi connectivity index (χ2n) is 4.20. The predicted octanol–water partition coefficient (Wildman–Crippen LogP) is 1.97. The van der Waals surface area contributed by atoms with Crippen LogP contribution in [0.25, 0.3) is 5.82 Å². The molecule has 0 saturated heterocycles. The standard InChI is InChI=1S/C11H7ClF3N7/c12-8-2-1-4-16-9(8)21-5-3-7(18-21)6-22-19-10(17-20-22)11(13,14)15/h1-5H,6H2. The van der Waals surface area contributed by atoms with Crippen molar-refractivity contribution in [3.63, 3.8) is 0 Å². The Labute approximate surface area is 126 Å². The van der Waals surface area contributed by atoms with Crippen molar-refractivity contribution in [2.24, 2.45) is 0 Å². The van der Waals surface area contributed by atoms with E-state index in [2.05, 4.69) is 25.5 Å². The fraction of sp³-hybridized carbons (Fsp3) is 0.182. The highest BCUT2D eigenvalue weighted by atomic mass is 35.5. The fourth-order valence-corrected chi connectivity index (χ4v) is 1.89. The number of aromatic nitrogens is 7. The lowest BCUT2D eigenvalue weighted by Crippen LogP contribution is -2.10. The molecule has 0 saturated carbocycles. The van der Waals surface area contributed by atoms with Gasteiger partial charge in [0.05, 0.1) is 10.7 Å². The molecule has 0 atom stereocenters. The van der Waals surface area contributed by atoms with Crippen LogP contribution < -0.4 is 0 Å². The normalized spacial score (nSPS) is 11.8. The van der Waals surface area contributed by atoms with E-state index in [1.54, 1.807) is 30.6 Å². The van der Waals surface area contributed by atoms with Crippen molar-refractivity contribution >= 4 is 11.6 Å². The maximum atomic E-state index is 12.4. The average Bonchev–Trinajstić information content (AvgIpc) is 3.09. The van der Waals surface area contributed by atoms with E-state index in [9.17, 15) is 13.2 Å². The molecular formula is C11H7ClF3N7. The second-order valence-corrected chi connectivity index (χ2v) is 4.61. The number of rotatable bonds is 3. The summed E-state index contributed by atoms with van der Waals surface area (Å²) in [6.07, 6.45) is -1.48. The largest absolute Gasteiger partial charge is 0.455 e. The number of alkyl halides is 3. The van der Waals surface area contributed by atoms with Crippen LogP contribution in [0.3, 0.4) is 0 Å². The van der Waals surface area contributed by atoms with Crippen LogP contribution in [0.2, 0.25) is 5.02 Å². The molecule has 3 heterocycles. The molecule has 0 aliphatic rings. The molecule has 11 heteroatoms. The van der Waals surface area contributed by atoms with E-state index in [4.69, 9.17) is 11.6 Å². The topological polar surface area (TPSA) is 74.3 Å². The first kappa shape index (κ1) is 14.4. The van der Waals surface area contributed by atoms with E-state index in [0.29, 0.717) is 16.5 Å². The Hall–Kier alpha value is -2.49. The van der Waals surface area contributed by atoms with Gasteiger partial charge in [0.1, 0.15) is 6.54 Å². The molecule has 114 valence electrons. The molecule has 0 aliphatic heterocycles. The average molecular weight is 330 g/mol. The third kappa shape index (κ3) is 2.91. The summed E-state index contributed by atoms with van der Waals surface area (Å²) in [5.74, 6) is -0.877. The van der Waals surface area contributed by atoms with Gasteiger partial charge in [-0.25, -0.2) is 9.67 Å². The molecule has 0 fully saturated rings. The number of hydrogen-bond donors (Lipinski definition) is 0. The highest BCUT2D eigenvalue weighted by Gasteiger charge is 2.36. The zero-order valence-corrected chi connectivity index (χ0v) is 11.5. The van der Waals surface area contributed by atoms with Crippen LogP contribution in [-0.2, 0) is 12.7 Å². The van der Waals surface area contributed by atoms with Gasteiger partial charge in [0.25, 0.3) is 5.82 Å². The van der Waals surface area contributed by atoms with Gasteiger partial charge >= 0.3 is 6.18 Å². The maximum absolute atomic E-state index is 12.4. The van der Waals surface area contributed by atoms with Crippen LogP contribution in [0.4, 0.5) is 13.2 Å². The molecule has 0 aliphatic carbocycles. The van der Waals surface area contributed by atoms with E-state index in [1.165, 1.54) is 4.68 Å². The van der Waals surface area contributed by atoms with Crippen LogP contribution in [-0.4, -0.2) is 35.0 Å². The zero-order chi connectivity index (χ0) is 15.7. The smallest absolute Gasteiger partial charge is 0.236 e. The van der Waals surface area contributed by atoms with Gasteiger partial charge in [0, 0.05) is 12.4 Å². The van der Waals surface area contributed by atoms with Crippen LogP contribution in [0.15, 0.2) is 30.6 Å². The summed E-state index contributed by atoms with van der Waals surface area (Å²) in [4.78, 5) is 4.89. The monoisotopic (exact) mass is 329 g/mol. The molecule has 0 unspecified atom stereocenters. The number of tetrazole rings is 1. The van der Waals surface area contributed by atoms with E-state index < -0.39 is 12.0 Å². The maximum Gasteiger partial charge on any atom is 0.455 e. The first-order valence-corrected chi connectivity index (χ1v) is 6.32. The van der Waals surface area contributed by atoms with Crippen LogP contribution >= 0.6 is 11.6 Å². The van der Waals surface area contributed by atoms with Crippen molar-refractivity contribution in [3.05, 3.63) is 47.1 Å². The van der Waals surface area contributed by atoms with Crippen molar-refractivity contribution in [2.75, 3.05) is 0 Å². The lowest BCUT2D eigenvalue weighted by atomic mass is 10.4. The highest BCUT2D eigenvalue weighted by Crippen LogP contribution is 2.24. The Bertz CT molecular complexity index is 795. The SMILES string of the molecule is FC(F)(F)c1nnn(Cc2ccn(-c3ncccc3Cl)n2)n1. The van der Waals surface area contributed by atoms with Gasteiger partial charge in [-0.2, -0.15) is 23.1 Å². The summed E-state index contributed by atoms with van der Waals surface area (Å²) in [7, 11) is 0. The van der Waals surface area contributed by atoms with E-state index in [1.807, 2.05) is 0 Å². The molecule has 0 N–H and O–H groups in total. The van der Waals surface area contributed by atoms with Gasteiger partial charge < -0.3 is 0 Å². The van der Waals surface area contributed by atoms with E-state index in [0.717, 1.165) is 4.80 Å². The molecule has 3 aromatic heterocycles. The molecule has 0 amide bonds. The Kier molecular flexibility index (Phi) is 3.53. The minimum atomic E-state index is -4.63. The van der Waals surface area contributed by atoms with Gasteiger partial charge in [-0.3, -0.25) is 0 Å².